The van der Waals surface area contributed by atoms with Crippen LogP contribution in [-0.4, -0.2) is 35.6 Å². The average molecular weight is 249 g/mol. The van der Waals surface area contributed by atoms with Crippen molar-refractivity contribution in [3.63, 3.8) is 0 Å². The smallest absolute Gasteiger partial charge is 0.394 e. The molecule has 3 N–H and O–H groups in total. The lowest BCUT2D eigenvalue weighted by Crippen LogP contribution is -2.47. The van der Waals surface area contributed by atoms with Crippen molar-refractivity contribution in [3.05, 3.63) is 35.9 Å². The first-order valence-corrected chi connectivity index (χ1v) is 5.08. The van der Waals surface area contributed by atoms with Crippen LogP contribution in [0.1, 0.15) is 11.6 Å². The van der Waals surface area contributed by atoms with Crippen LogP contribution in [-0.2, 0) is 0 Å². The molecule has 96 valence electrons. The Morgan fingerprint density at radius 3 is 2.06 bits per heavy atom. The van der Waals surface area contributed by atoms with Crippen LogP contribution in [0.15, 0.2) is 30.3 Å². The number of aliphatic hydroxyl groups excluding tert-OH is 2. The van der Waals surface area contributed by atoms with Gasteiger partial charge in [0, 0.05) is 0 Å². The highest BCUT2D eigenvalue weighted by Gasteiger charge is 2.40. The molecule has 6 heteroatoms. The summed E-state index contributed by atoms with van der Waals surface area (Å²) in [5.41, 5.74) is 0.540. The molecule has 0 amide bonds. The van der Waals surface area contributed by atoms with Gasteiger partial charge in [-0.2, -0.15) is 13.2 Å². The molecular formula is C11H14F3NO2. The number of aliphatic hydroxyl groups is 2. The Kier molecular flexibility index (Phi) is 4.92. The summed E-state index contributed by atoms with van der Waals surface area (Å²) in [6, 6.07) is 5.39. The fourth-order valence-corrected chi connectivity index (χ4v) is 1.43. The van der Waals surface area contributed by atoms with Gasteiger partial charge in [0.25, 0.3) is 0 Å². The van der Waals surface area contributed by atoms with Gasteiger partial charge < -0.3 is 10.2 Å². The third-order valence-corrected chi connectivity index (χ3v) is 2.36. The van der Waals surface area contributed by atoms with Gasteiger partial charge in [-0.15, -0.1) is 0 Å². The number of hydrogen-bond acceptors (Lipinski definition) is 3. The first-order chi connectivity index (χ1) is 7.99. The fraction of sp³-hybridized carbons (Fsp3) is 0.455. The quantitative estimate of drug-likeness (QED) is 0.735. The van der Waals surface area contributed by atoms with Crippen molar-refractivity contribution in [3.8, 4) is 0 Å². The predicted octanol–water partition coefficient (Wildman–Crippen LogP) is 1.23. The first-order valence-electron chi connectivity index (χ1n) is 5.08. The zero-order valence-electron chi connectivity index (χ0n) is 8.98. The van der Waals surface area contributed by atoms with Crippen LogP contribution < -0.4 is 5.32 Å². The summed E-state index contributed by atoms with van der Waals surface area (Å²) in [5, 5.41) is 20.0. The lowest BCUT2D eigenvalue weighted by Gasteiger charge is -2.25. The number of rotatable bonds is 5. The zero-order valence-corrected chi connectivity index (χ0v) is 8.98. The van der Waals surface area contributed by atoms with Crippen LogP contribution in [0.4, 0.5) is 13.2 Å². The van der Waals surface area contributed by atoms with Gasteiger partial charge in [0.15, 0.2) is 0 Å². The maximum absolute atomic E-state index is 12.4. The topological polar surface area (TPSA) is 52.5 Å². The molecule has 0 radical (unpaired) electrons. The van der Waals surface area contributed by atoms with Crippen molar-refractivity contribution in [2.45, 2.75) is 18.3 Å². The Morgan fingerprint density at radius 1 is 1.06 bits per heavy atom. The van der Waals surface area contributed by atoms with Crippen LogP contribution >= 0.6 is 0 Å². The Morgan fingerprint density at radius 2 is 1.65 bits per heavy atom. The van der Waals surface area contributed by atoms with E-state index in [0.29, 0.717) is 5.56 Å². The highest BCUT2D eigenvalue weighted by Crippen LogP contribution is 2.23. The summed E-state index contributed by atoms with van der Waals surface area (Å²) in [6.07, 6.45) is -4.54. The molecule has 0 fully saturated rings. The normalized spacial score (nSPS) is 15.6. The minimum Gasteiger partial charge on any atom is -0.394 e. The molecule has 17 heavy (non-hydrogen) atoms. The highest BCUT2D eigenvalue weighted by molar-refractivity contribution is 5.19. The minimum atomic E-state index is -4.54. The minimum absolute atomic E-state index is 0.476. The average Bonchev–Trinajstić information content (AvgIpc) is 2.30. The molecule has 0 aromatic heterocycles. The molecule has 2 atom stereocenters. The molecule has 0 spiro atoms. The Hall–Kier alpha value is -1.11. The summed E-state index contributed by atoms with van der Waals surface area (Å²) in [5.74, 6) is 0. The van der Waals surface area contributed by atoms with E-state index >= 15 is 0 Å². The molecule has 1 aromatic rings. The van der Waals surface area contributed by atoms with Crippen molar-refractivity contribution in [1.82, 2.24) is 5.32 Å². The SMILES string of the molecule is OC[C@H](N[C@H](CO)C(F)(F)F)c1ccccc1. The summed E-state index contributed by atoms with van der Waals surface area (Å²) in [6.45, 7) is -1.54. The van der Waals surface area contributed by atoms with Crippen molar-refractivity contribution >= 4 is 0 Å². The fourth-order valence-electron chi connectivity index (χ4n) is 1.43. The predicted molar refractivity (Wildman–Crippen MR) is 56.3 cm³/mol. The van der Waals surface area contributed by atoms with Gasteiger partial charge >= 0.3 is 6.18 Å². The molecule has 1 aromatic carbocycles. The number of benzene rings is 1. The van der Waals surface area contributed by atoms with Crippen molar-refractivity contribution in [1.29, 1.82) is 0 Å². The van der Waals surface area contributed by atoms with Crippen LogP contribution in [0, 0.1) is 0 Å². The van der Waals surface area contributed by atoms with Crippen LogP contribution in [0.3, 0.4) is 0 Å². The third-order valence-electron chi connectivity index (χ3n) is 2.36. The summed E-state index contributed by atoms with van der Waals surface area (Å²) < 4.78 is 37.3. The molecular weight excluding hydrogens is 235 g/mol. The molecule has 0 saturated heterocycles. The van der Waals surface area contributed by atoms with E-state index in [1.54, 1.807) is 30.3 Å². The van der Waals surface area contributed by atoms with Gasteiger partial charge in [0.2, 0.25) is 0 Å². The zero-order chi connectivity index (χ0) is 12.9. The Balaban J connectivity index is 2.76. The number of nitrogens with one attached hydrogen (secondary N) is 1. The van der Waals surface area contributed by atoms with Gasteiger partial charge in [-0.25, -0.2) is 0 Å². The van der Waals surface area contributed by atoms with Gasteiger partial charge in [0.05, 0.1) is 19.3 Å². The lowest BCUT2D eigenvalue weighted by atomic mass is 10.1. The van der Waals surface area contributed by atoms with E-state index < -0.39 is 31.5 Å². The van der Waals surface area contributed by atoms with E-state index in [0.717, 1.165) is 0 Å². The van der Waals surface area contributed by atoms with Gasteiger partial charge in [-0.1, -0.05) is 30.3 Å². The van der Waals surface area contributed by atoms with Crippen LogP contribution in [0.2, 0.25) is 0 Å². The maximum atomic E-state index is 12.4. The van der Waals surface area contributed by atoms with Gasteiger partial charge in [-0.3, -0.25) is 5.32 Å². The first kappa shape index (κ1) is 14.0. The summed E-state index contributed by atoms with van der Waals surface area (Å²) in [7, 11) is 0. The summed E-state index contributed by atoms with van der Waals surface area (Å²) >= 11 is 0. The second-order valence-electron chi connectivity index (χ2n) is 3.59. The lowest BCUT2D eigenvalue weighted by molar-refractivity contribution is -0.166. The van der Waals surface area contributed by atoms with Crippen molar-refractivity contribution in [2.75, 3.05) is 13.2 Å². The number of alkyl halides is 3. The highest BCUT2D eigenvalue weighted by atomic mass is 19.4. The number of halogens is 3. The van der Waals surface area contributed by atoms with E-state index in [-0.39, 0.29) is 0 Å². The standard InChI is InChI=1S/C11H14F3NO2/c12-11(13,14)10(7-17)15-9(6-16)8-4-2-1-3-5-8/h1-5,9-10,15-17H,6-7H2/t9-,10+/m0/s1. The van der Waals surface area contributed by atoms with Gasteiger partial charge in [0.1, 0.15) is 6.04 Å². The van der Waals surface area contributed by atoms with Gasteiger partial charge in [-0.05, 0) is 5.56 Å². The van der Waals surface area contributed by atoms with E-state index in [9.17, 15) is 13.2 Å². The molecule has 1 rings (SSSR count). The van der Waals surface area contributed by atoms with E-state index in [1.807, 2.05) is 0 Å². The Labute approximate surface area is 96.9 Å². The largest absolute Gasteiger partial charge is 0.406 e. The van der Waals surface area contributed by atoms with Crippen molar-refractivity contribution in [2.24, 2.45) is 0 Å². The molecule has 0 bridgehead atoms. The van der Waals surface area contributed by atoms with Crippen molar-refractivity contribution < 1.29 is 23.4 Å². The third kappa shape index (κ3) is 3.99. The molecule has 0 unspecified atom stereocenters. The molecule has 0 aliphatic carbocycles. The number of hydrogen-bond donors (Lipinski definition) is 3. The van der Waals surface area contributed by atoms with Crippen LogP contribution in [0.25, 0.3) is 0 Å². The van der Waals surface area contributed by atoms with Crippen LogP contribution in [0.5, 0.6) is 0 Å². The van der Waals surface area contributed by atoms with E-state index in [2.05, 4.69) is 5.32 Å². The summed E-state index contributed by atoms with van der Waals surface area (Å²) in [4.78, 5) is 0. The molecule has 0 aliphatic rings. The maximum Gasteiger partial charge on any atom is 0.406 e. The molecule has 0 saturated carbocycles. The van der Waals surface area contributed by atoms with E-state index in [1.165, 1.54) is 0 Å². The molecule has 0 aliphatic heterocycles. The Bertz CT molecular complexity index is 329. The second kappa shape index (κ2) is 6.00. The monoisotopic (exact) mass is 249 g/mol. The molecule has 0 heterocycles. The van der Waals surface area contributed by atoms with E-state index in [4.69, 9.17) is 10.2 Å². The second-order valence-corrected chi connectivity index (χ2v) is 3.59. The molecule has 3 nitrogen and oxygen atoms in total.